The van der Waals surface area contributed by atoms with Crippen molar-refractivity contribution in [2.45, 2.75) is 106 Å². The van der Waals surface area contributed by atoms with Gasteiger partial charge in [0.25, 0.3) is 0 Å². The van der Waals surface area contributed by atoms with E-state index in [1.54, 1.807) is 0 Å². The van der Waals surface area contributed by atoms with Gasteiger partial charge in [0.2, 0.25) is 0 Å². The number of H-pyrrole nitrogens is 4. The Morgan fingerprint density at radius 1 is 0.500 bits per heavy atom. The Bertz CT molecular complexity index is 1690. The molecule has 0 spiro atoms. The number of esters is 2. The number of aromatic amines is 4. The molecule has 236 valence electrons. The highest BCUT2D eigenvalue weighted by Crippen LogP contribution is 2.33. The first-order valence-electron chi connectivity index (χ1n) is 16.0. The molecule has 0 atom stereocenters. The minimum absolute atomic E-state index is 0.210. The standard InChI is InChI=1S/C36H48N4O4/c1-9-23-19(3)27-15-28-21(5)25(11-13-35(41)43-7)33(39-28)18-34-26(12-14-36(42)44-8)22(6)30(40-34)17-32-24(10-2)20(4)29(38-32)16-31(23)37-27/h37-40H,9-18H2,1-8H3. The van der Waals surface area contributed by atoms with Crippen LogP contribution in [0.5, 0.6) is 0 Å². The summed E-state index contributed by atoms with van der Waals surface area (Å²) in [4.78, 5) is 39.7. The minimum Gasteiger partial charge on any atom is -0.469 e. The first-order valence-corrected chi connectivity index (χ1v) is 16.0. The van der Waals surface area contributed by atoms with E-state index in [2.05, 4.69) is 61.5 Å². The van der Waals surface area contributed by atoms with Gasteiger partial charge in [-0.25, -0.2) is 0 Å². The van der Waals surface area contributed by atoms with E-state index in [-0.39, 0.29) is 11.9 Å². The Hall–Kier alpha value is -3.94. The van der Waals surface area contributed by atoms with Gasteiger partial charge in [-0.05, 0) is 97.9 Å². The maximum atomic E-state index is 12.2. The molecule has 8 heteroatoms. The van der Waals surface area contributed by atoms with Crippen molar-refractivity contribution in [2.24, 2.45) is 0 Å². The second-order valence-corrected chi connectivity index (χ2v) is 12.3. The first kappa shape index (κ1) is 31.5. The number of carbonyl (C=O) groups is 2. The molecule has 0 saturated heterocycles. The van der Waals surface area contributed by atoms with Gasteiger partial charge in [0.15, 0.2) is 0 Å². The summed E-state index contributed by atoms with van der Waals surface area (Å²) in [5.41, 5.74) is 19.7. The molecule has 4 aromatic rings. The molecule has 44 heavy (non-hydrogen) atoms. The van der Waals surface area contributed by atoms with Gasteiger partial charge < -0.3 is 29.4 Å². The van der Waals surface area contributed by atoms with Gasteiger partial charge in [0.05, 0.1) is 14.2 Å². The van der Waals surface area contributed by atoms with Crippen molar-refractivity contribution in [3.8, 4) is 0 Å². The third kappa shape index (κ3) is 5.91. The molecule has 0 amide bonds. The zero-order valence-corrected chi connectivity index (χ0v) is 27.7. The fourth-order valence-corrected chi connectivity index (χ4v) is 7.35. The number of rotatable bonds is 8. The van der Waals surface area contributed by atoms with Crippen LogP contribution in [0.3, 0.4) is 0 Å². The van der Waals surface area contributed by atoms with Crippen LogP contribution in [-0.2, 0) is 70.4 Å². The van der Waals surface area contributed by atoms with E-state index in [0.717, 1.165) is 49.2 Å². The maximum absolute atomic E-state index is 12.2. The second kappa shape index (κ2) is 13.0. The summed E-state index contributed by atoms with van der Waals surface area (Å²) < 4.78 is 9.99. The average Bonchev–Trinajstić information content (AvgIpc) is 3.67. The van der Waals surface area contributed by atoms with Crippen LogP contribution in [0.4, 0.5) is 0 Å². The lowest BCUT2D eigenvalue weighted by molar-refractivity contribution is -0.141. The van der Waals surface area contributed by atoms with E-state index in [1.807, 2.05) is 0 Å². The lowest BCUT2D eigenvalue weighted by atomic mass is 9.97. The van der Waals surface area contributed by atoms with Gasteiger partial charge in [0, 0.05) is 84.1 Å². The largest absolute Gasteiger partial charge is 0.469 e. The molecule has 0 unspecified atom stereocenters. The van der Waals surface area contributed by atoms with Crippen LogP contribution in [0.15, 0.2) is 0 Å². The minimum atomic E-state index is -0.210. The average molecular weight is 601 g/mol. The predicted molar refractivity (Wildman–Crippen MR) is 173 cm³/mol. The predicted octanol–water partition coefficient (Wildman–Crippen LogP) is 6.25. The van der Waals surface area contributed by atoms with Gasteiger partial charge in [0.1, 0.15) is 0 Å². The summed E-state index contributed by atoms with van der Waals surface area (Å²) in [6.07, 6.45) is 6.81. The van der Waals surface area contributed by atoms with Crippen LogP contribution in [0.2, 0.25) is 0 Å². The molecule has 0 radical (unpaired) electrons. The lowest BCUT2D eigenvalue weighted by Crippen LogP contribution is -2.06. The van der Waals surface area contributed by atoms with E-state index in [4.69, 9.17) is 9.47 Å². The summed E-state index contributed by atoms with van der Waals surface area (Å²) >= 11 is 0. The Morgan fingerprint density at radius 3 is 1.09 bits per heavy atom. The number of hydrogen-bond donors (Lipinski definition) is 4. The summed E-state index contributed by atoms with van der Waals surface area (Å²) in [7, 11) is 2.88. The van der Waals surface area contributed by atoms with E-state index >= 15 is 0 Å². The number of fused-ring (bicyclic) bond motifs is 8. The summed E-state index contributed by atoms with van der Waals surface area (Å²) in [6, 6.07) is 0. The molecule has 0 fully saturated rings. The topological polar surface area (TPSA) is 116 Å². The molecule has 8 bridgehead atoms. The number of carbonyl (C=O) groups excluding carboxylic acids is 2. The smallest absolute Gasteiger partial charge is 0.305 e. The summed E-state index contributed by atoms with van der Waals surface area (Å²) in [6.45, 7) is 13.3. The van der Waals surface area contributed by atoms with Crippen molar-refractivity contribution in [1.29, 1.82) is 0 Å². The van der Waals surface area contributed by atoms with Crippen LogP contribution in [0.25, 0.3) is 0 Å². The number of hydrogen-bond acceptors (Lipinski definition) is 4. The van der Waals surface area contributed by atoms with Crippen molar-refractivity contribution in [1.82, 2.24) is 19.9 Å². The monoisotopic (exact) mass is 600 g/mol. The normalized spacial score (nSPS) is 12.9. The zero-order chi connectivity index (χ0) is 31.7. The van der Waals surface area contributed by atoms with Crippen LogP contribution in [0.1, 0.15) is 117 Å². The molecule has 1 aliphatic heterocycles. The summed E-state index contributed by atoms with van der Waals surface area (Å²) in [5, 5.41) is 0. The highest BCUT2D eigenvalue weighted by Gasteiger charge is 2.24. The Morgan fingerprint density at radius 2 is 0.773 bits per heavy atom. The van der Waals surface area contributed by atoms with E-state index in [9.17, 15) is 9.59 Å². The number of ether oxygens (including phenoxy) is 2. The summed E-state index contributed by atoms with van der Waals surface area (Å²) in [5.74, 6) is -0.420. The van der Waals surface area contributed by atoms with Crippen molar-refractivity contribution in [3.05, 3.63) is 90.1 Å². The van der Waals surface area contributed by atoms with Crippen molar-refractivity contribution < 1.29 is 19.1 Å². The van der Waals surface area contributed by atoms with Crippen molar-refractivity contribution in [2.75, 3.05) is 14.2 Å². The Balaban J connectivity index is 1.69. The molecule has 0 aliphatic carbocycles. The van der Waals surface area contributed by atoms with E-state index < -0.39 is 0 Å². The molecular formula is C36H48N4O4. The second-order valence-electron chi connectivity index (χ2n) is 12.3. The quantitative estimate of drug-likeness (QED) is 0.158. The fraction of sp³-hybridized carbons (Fsp3) is 0.500. The molecule has 5 heterocycles. The highest BCUT2D eigenvalue weighted by atomic mass is 16.5. The Labute approximate surface area is 260 Å². The molecule has 0 aromatic carbocycles. The van der Waals surface area contributed by atoms with Crippen molar-refractivity contribution in [3.63, 3.8) is 0 Å². The third-order valence-corrected chi connectivity index (χ3v) is 10.0. The van der Waals surface area contributed by atoms with Crippen molar-refractivity contribution >= 4 is 11.9 Å². The van der Waals surface area contributed by atoms with Crippen LogP contribution < -0.4 is 0 Å². The van der Waals surface area contributed by atoms with Gasteiger partial charge in [-0.2, -0.15) is 0 Å². The van der Waals surface area contributed by atoms with Crippen LogP contribution in [0, 0.1) is 27.7 Å². The molecule has 1 aliphatic rings. The SMILES string of the molecule is CCc1c2[nH]c(c1C)Cc1[nH]c(c(CCC(=O)OC)c1C)Cc1[nH]c(c(C)c1CCC(=O)OC)Cc1[nH]c(c(C)c1CC)C2. The molecule has 0 saturated carbocycles. The van der Waals surface area contributed by atoms with Gasteiger partial charge in [-0.3, -0.25) is 9.59 Å². The van der Waals surface area contributed by atoms with Gasteiger partial charge in [-0.1, -0.05) is 13.8 Å². The first-order chi connectivity index (χ1) is 21.1. The number of aromatic nitrogens is 4. The van der Waals surface area contributed by atoms with Gasteiger partial charge >= 0.3 is 11.9 Å². The highest BCUT2D eigenvalue weighted by molar-refractivity contribution is 5.70. The maximum Gasteiger partial charge on any atom is 0.305 e. The van der Waals surface area contributed by atoms with E-state index in [1.165, 1.54) is 87.2 Å². The zero-order valence-electron chi connectivity index (χ0n) is 27.7. The van der Waals surface area contributed by atoms with Gasteiger partial charge in [-0.15, -0.1) is 0 Å². The molecule has 5 rings (SSSR count). The van der Waals surface area contributed by atoms with Crippen LogP contribution in [-0.4, -0.2) is 46.1 Å². The molecule has 8 nitrogen and oxygen atoms in total. The number of nitrogens with one attached hydrogen (secondary N) is 4. The van der Waals surface area contributed by atoms with E-state index in [0.29, 0.717) is 32.1 Å². The number of methoxy groups -OCH3 is 2. The lowest BCUT2D eigenvalue weighted by Gasteiger charge is -2.08. The third-order valence-electron chi connectivity index (χ3n) is 10.0. The molecular weight excluding hydrogens is 552 g/mol. The Kier molecular flexibility index (Phi) is 9.28. The fourth-order valence-electron chi connectivity index (χ4n) is 7.35. The van der Waals surface area contributed by atoms with Crippen LogP contribution >= 0.6 is 0 Å². The molecule has 4 N–H and O–H groups in total. The molecule has 4 aromatic heterocycles.